The Kier molecular flexibility index (Phi) is 5.51. The molecule has 2 aromatic carbocycles. The zero-order valence-corrected chi connectivity index (χ0v) is 14.9. The molecule has 0 aromatic heterocycles. The largest absolute Gasteiger partial charge is 0.368 e. The summed E-state index contributed by atoms with van der Waals surface area (Å²) < 4.78 is 0. The van der Waals surface area contributed by atoms with Crippen LogP contribution in [-0.2, 0) is 4.79 Å². The summed E-state index contributed by atoms with van der Waals surface area (Å²) in [7, 11) is 0. The molecular weight excluding hydrogens is 330 g/mol. The van der Waals surface area contributed by atoms with Gasteiger partial charge in [-0.3, -0.25) is 14.9 Å². The topological polar surface area (TPSA) is 66.7 Å². The number of nitro benzene ring substituents is 1. The van der Waals surface area contributed by atoms with Gasteiger partial charge >= 0.3 is 0 Å². The van der Waals surface area contributed by atoms with E-state index in [9.17, 15) is 14.9 Å². The number of anilines is 1. The molecule has 26 heavy (non-hydrogen) atoms. The molecule has 0 bridgehead atoms. The molecule has 1 aliphatic rings. The van der Waals surface area contributed by atoms with Crippen LogP contribution in [0.4, 0.5) is 11.4 Å². The van der Waals surface area contributed by atoms with Crippen LogP contribution in [0.3, 0.4) is 0 Å². The van der Waals surface area contributed by atoms with Gasteiger partial charge in [-0.2, -0.15) is 0 Å². The predicted molar refractivity (Wildman–Crippen MR) is 101 cm³/mol. The summed E-state index contributed by atoms with van der Waals surface area (Å²) in [5.41, 5.74) is 2.12. The van der Waals surface area contributed by atoms with Crippen molar-refractivity contribution in [3.05, 3.63) is 70.3 Å². The number of hydrogen-bond donors (Lipinski definition) is 0. The van der Waals surface area contributed by atoms with Crippen LogP contribution in [0.5, 0.6) is 0 Å². The Bertz CT molecular complexity index is 754. The Hall–Kier alpha value is -2.89. The average molecular weight is 353 g/mol. The summed E-state index contributed by atoms with van der Waals surface area (Å²) in [5, 5.41) is 10.8. The normalized spacial score (nSPS) is 15.6. The van der Waals surface area contributed by atoms with Crippen molar-refractivity contribution in [3.63, 3.8) is 0 Å². The van der Waals surface area contributed by atoms with Gasteiger partial charge in [0.05, 0.1) is 10.8 Å². The first-order valence-electron chi connectivity index (χ1n) is 8.93. The first-order chi connectivity index (χ1) is 12.6. The fourth-order valence-corrected chi connectivity index (χ4v) is 3.43. The maximum Gasteiger partial charge on any atom is 0.269 e. The molecule has 1 heterocycles. The van der Waals surface area contributed by atoms with Crippen molar-refractivity contribution >= 4 is 17.3 Å². The maximum atomic E-state index is 12.9. The number of carbonyl (C=O) groups is 1. The van der Waals surface area contributed by atoms with Gasteiger partial charge in [-0.1, -0.05) is 37.3 Å². The molecule has 0 radical (unpaired) electrons. The number of carbonyl (C=O) groups excluding carboxylic acids is 1. The van der Waals surface area contributed by atoms with Gasteiger partial charge in [0.15, 0.2) is 0 Å². The highest BCUT2D eigenvalue weighted by Gasteiger charge is 2.27. The van der Waals surface area contributed by atoms with E-state index in [4.69, 9.17) is 0 Å². The van der Waals surface area contributed by atoms with E-state index < -0.39 is 4.92 Å². The zero-order chi connectivity index (χ0) is 18.5. The fourth-order valence-electron chi connectivity index (χ4n) is 3.43. The van der Waals surface area contributed by atoms with Gasteiger partial charge in [0.25, 0.3) is 5.69 Å². The monoisotopic (exact) mass is 353 g/mol. The van der Waals surface area contributed by atoms with Crippen LogP contribution in [0.25, 0.3) is 0 Å². The standard InChI is InChI=1S/C20H23N3O3/c1-2-19(16-6-4-3-5-7-16)20(24)22-14-12-21(13-15-22)17-8-10-18(11-9-17)23(25)26/h3-11,19H,2,12-15H2,1H3/t19-/m0/s1. The van der Waals surface area contributed by atoms with Gasteiger partial charge in [0.2, 0.25) is 5.91 Å². The van der Waals surface area contributed by atoms with Gasteiger partial charge in [0, 0.05) is 44.0 Å². The third-order valence-corrected chi connectivity index (χ3v) is 4.93. The van der Waals surface area contributed by atoms with Crippen molar-refractivity contribution in [1.82, 2.24) is 4.90 Å². The van der Waals surface area contributed by atoms with E-state index in [2.05, 4.69) is 4.90 Å². The van der Waals surface area contributed by atoms with E-state index in [-0.39, 0.29) is 17.5 Å². The molecular formula is C20H23N3O3. The van der Waals surface area contributed by atoms with Crippen molar-refractivity contribution in [2.75, 3.05) is 31.1 Å². The molecule has 1 saturated heterocycles. The Labute approximate surface area is 153 Å². The number of hydrogen-bond acceptors (Lipinski definition) is 4. The zero-order valence-electron chi connectivity index (χ0n) is 14.9. The van der Waals surface area contributed by atoms with Crippen LogP contribution >= 0.6 is 0 Å². The average Bonchev–Trinajstić information content (AvgIpc) is 2.69. The van der Waals surface area contributed by atoms with E-state index >= 15 is 0 Å². The maximum absolute atomic E-state index is 12.9. The lowest BCUT2D eigenvalue weighted by atomic mass is 9.95. The molecule has 0 N–H and O–H groups in total. The molecule has 1 fully saturated rings. The SMILES string of the molecule is CC[C@H](C(=O)N1CCN(c2ccc([N+](=O)[O-])cc2)CC1)c1ccccc1. The van der Waals surface area contributed by atoms with Crippen LogP contribution in [0, 0.1) is 10.1 Å². The molecule has 0 saturated carbocycles. The van der Waals surface area contributed by atoms with Gasteiger partial charge in [0.1, 0.15) is 0 Å². The number of piperazine rings is 1. The second-order valence-corrected chi connectivity index (χ2v) is 6.46. The highest BCUT2D eigenvalue weighted by atomic mass is 16.6. The summed E-state index contributed by atoms with van der Waals surface area (Å²) in [5.74, 6) is 0.0872. The van der Waals surface area contributed by atoms with Gasteiger partial charge in [-0.15, -0.1) is 0 Å². The van der Waals surface area contributed by atoms with E-state index in [1.807, 2.05) is 42.2 Å². The predicted octanol–water partition coefficient (Wildman–Crippen LogP) is 3.44. The molecule has 1 amide bonds. The summed E-state index contributed by atoms with van der Waals surface area (Å²) in [6.45, 7) is 4.84. The quantitative estimate of drug-likeness (QED) is 0.610. The lowest BCUT2D eigenvalue weighted by molar-refractivity contribution is -0.384. The van der Waals surface area contributed by atoms with Gasteiger partial charge in [-0.05, 0) is 24.1 Å². The summed E-state index contributed by atoms with van der Waals surface area (Å²) >= 11 is 0. The Balaban J connectivity index is 1.62. The fraction of sp³-hybridized carbons (Fsp3) is 0.350. The highest BCUT2D eigenvalue weighted by molar-refractivity contribution is 5.84. The first-order valence-corrected chi connectivity index (χ1v) is 8.93. The van der Waals surface area contributed by atoms with Crippen LogP contribution in [0.2, 0.25) is 0 Å². The number of rotatable bonds is 5. The van der Waals surface area contributed by atoms with Crippen LogP contribution in [0.1, 0.15) is 24.8 Å². The Morgan fingerprint density at radius 1 is 1.04 bits per heavy atom. The molecule has 2 aromatic rings. The Morgan fingerprint density at radius 3 is 2.19 bits per heavy atom. The third kappa shape index (κ3) is 3.85. The molecule has 0 unspecified atom stereocenters. The number of benzene rings is 2. The summed E-state index contributed by atoms with van der Waals surface area (Å²) in [4.78, 5) is 27.4. The van der Waals surface area contributed by atoms with E-state index in [1.54, 1.807) is 12.1 Å². The highest BCUT2D eigenvalue weighted by Crippen LogP contribution is 2.24. The van der Waals surface area contributed by atoms with E-state index in [0.717, 1.165) is 30.8 Å². The number of nitrogens with zero attached hydrogens (tertiary/aromatic N) is 3. The number of nitro groups is 1. The van der Waals surface area contributed by atoms with Crippen molar-refractivity contribution in [3.8, 4) is 0 Å². The first kappa shape index (κ1) is 17.9. The van der Waals surface area contributed by atoms with Crippen molar-refractivity contribution in [2.45, 2.75) is 19.3 Å². The molecule has 0 aliphatic carbocycles. The minimum absolute atomic E-state index is 0.0937. The third-order valence-electron chi connectivity index (χ3n) is 4.93. The minimum atomic E-state index is -0.394. The second-order valence-electron chi connectivity index (χ2n) is 6.46. The molecule has 6 heteroatoms. The van der Waals surface area contributed by atoms with Crippen LogP contribution in [-0.4, -0.2) is 41.9 Å². The summed E-state index contributed by atoms with van der Waals surface area (Å²) in [6, 6.07) is 16.5. The van der Waals surface area contributed by atoms with Crippen molar-refractivity contribution in [2.24, 2.45) is 0 Å². The molecule has 136 valence electrons. The van der Waals surface area contributed by atoms with Crippen LogP contribution < -0.4 is 4.90 Å². The smallest absolute Gasteiger partial charge is 0.269 e. The lowest BCUT2D eigenvalue weighted by Gasteiger charge is -2.37. The van der Waals surface area contributed by atoms with E-state index in [0.29, 0.717) is 13.1 Å². The Morgan fingerprint density at radius 2 is 1.65 bits per heavy atom. The molecule has 1 atom stereocenters. The minimum Gasteiger partial charge on any atom is -0.368 e. The second kappa shape index (κ2) is 7.99. The number of non-ortho nitro benzene ring substituents is 1. The van der Waals surface area contributed by atoms with Crippen molar-refractivity contribution in [1.29, 1.82) is 0 Å². The lowest BCUT2D eigenvalue weighted by Crippen LogP contribution is -2.50. The van der Waals surface area contributed by atoms with Crippen LogP contribution in [0.15, 0.2) is 54.6 Å². The summed E-state index contributed by atoms with van der Waals surface area (Å²) in [6.07, 6.45) is 0.783. The molecule has 6 nitrogen and oxygen atoms in total. The van der Waals surface area contributed by atoms with E-state index in [1.165, 1.54) is 12.1 Å². The van der Waals surface area contributed by atoms with Gasteiger partial charge in [-0.25, -0.2) is 0 Å². The number of amides is 1. The molecule has 1 aliphatic heterocycles. The molecule has 3 rings (SSSR count). The van der Waals surface area contributed by atoms with Crippen molar-refractivity contribution < 1.29 is 9.72 Å². The molecule has 0 spiro atoms. The van der Waals surface area contributed by atoms with Gasteiger partial charge < -0.3 is 9.80 Å².